The van der Waals surface area contributed by atoms with Gasteiger partial charge in [-0.3, -0.25) is 4.79 Å². The number of thioether (sulfide) groups is 1. The zero-order valence-electron chi connectivity index (χ0n) is 15.6. The summed E-state index contributed by atoms with van der Waals surface area (Å²) in [6.45, 7) is 5.18. The monoisotopic (exact) mass is 433 g/mol. The second-order valence-corrected chi connectivity index (χ2v) is 8.49. The molecule has 1 aliphatic rings. The number of thiocarbonyl (C=S) groups is 1. The van der Waals surface area contributed by atoms with Gasteiger partial charge in [0, 0.05) is 17.0 Å². The van der Waals surface area contributed by atoms with Gasteiger partial charge in [-0.25, -0.2) is 0 Å². The molecule has 2 aromatic rings. The lowest BCUT2D eigenvalue weighted by atomic mass is 10.1. The van der Waals surface area contributed by atoms with E-state index in [0.29, 0.717) is 33.2 Å². The number of nitrogens with one attached hydrogen (secondary N) is 1. The number of aryl methyl sites for hydroxylation is 2. The number of benzene rings is 2. The minimum absolute atomic E-state index is 0.206. The van der Waals surface area contributed by atoms with Crippen LogP contribution in [0.2, 0.25) is 5.02 Å². The van der Waals surface area contributed by atoms with Crippen molar-refractivity contribution in [2.45, 2.75) is 20.3 Å². The smallest absolute Gasteiger partial charge is 0.263 e. The molecule has 146 valence electrons. The van der Waals surface area contributed by atoms with Gasteiger partial charge in [-0.05, 0) is 61.4 Å². The summed E-state index contributed by atoms with van der Waals surface area (Å²) < 4.78 is 12.1. The van der Waals surface area contributed by atoms with Gasteiger partial charge >= 0.3 is 0 Å². The van der Waals surface area contributed by atoms with Crippen molar-refractivity contribution >= 4 is 51.9 Å². The quantitative estimate of drug-likeness (QED) is 0.365. The lowest BCUT2D eigenvalue weighted by Gasteiger charge is -2.11. The number of carbonyl (C=O) groups excluding carboxylic acids is 1. The Morgan fingerprint density at radius 1 is 1.11 bits per heavy atom. The average molecular weight is 434 g/mol. The van der Waals surface area contributed by atoms with Crippen molar-refractivity contribution in [3.8, 4) is 11.5 Å². The van der Waals surface area contributed by atoms with Gasteiger partial charge in [0.15, 0.2) is 0 Å². The second kappa shape index (κ2) is 9.45. The summed E-state index contributed by atoms with van der Waals surface area (Å²) in [5.74, 6) is 1.32. The number of halogens is 1. The summed E-state index contributed by atoms with van der Waals surface area (Å²) in [5.41, 5.74) is 3.20. The van der Waals surface area contributed by atoms with E-state index in [-0.39, 0.29) is 5.91 Å². The maximum Gasteiger partial charge on any atom is 0.263 e. The minimum Gasteiger partial charge on any atom is -0.493 e. The van der Waals surface area contributed by atoms with E-state index in [2.05, 4.69) is 25.2 Å². The first-order chi connectivity index (χ1) is 13.4. The summed E-state index contributed by atoms with van der Waals surface area (Å²) in [6.07, 6.45) is 2.47. The van der Waals surface area contributed by atoms with Crippen LogP contribution >= 0.6 is 35.6 Å². The maximum atomic E-state index is 11.9. The molecule has 1 aliphatic heterocycles. The van der Waals surface area contributed by atoms with Gasteiger partial charge in [-0.2, -0.15) is 0 Å². The van der Waals surface area contributed by atoms with Gasteiger partial charge in [0.1, 0.15) is 15.8 Å². The molecule has 0 saturated carbocycles. The number of ether oxygens (including phenoxy) is 2. The van der Waals surface area contributed by atoms with Crippen molar-refractivity contribution in [2.24, 2.45) is 0 Å². The predicted octanol–water partition coefficient (Wildman–Crippen LogP) is 5.29. The van der Waals surface area contributed by atoms with Gasteiger partial charge in [0.05, 0.1) is 18.1 Å². The Morgan fingerprint density at radius 2 is 1.89 bits per heavy atom. The summed E-state index contributed by atoms with van der Waals surface area (Å²) in [4.78, 5) is 12.4. The van der Waals surface area contributed by atoms with E-state index in [1.54, 1.807) is 24.3 Å². The lowest BCUT2D eigenvalue weighted by Crippen LogP contribution is -2.17. The number of hydrogen-bond donors (Lipinski definition) is 1. The Labute approximate surface area is 179 Å². The van der Waals surface area contributed by atoms with E-state index in [9.17, 15) is 4.79 Å². The Balaban J connectivity index is 1.57. The fourth-order valence-corrected chi connectivity index (χ4v) is 3.78. The molecule has 1 saturated heterocycles. The van der Waals surface area contributed by atoms with Gasteiger partial charge in [-0.15, -0.1) is 0 Å². The van der Waals surface area contributed by atoms with Crippen LogP contribution in [0.25, 0.3) is 6.08 Å². The number of rotatable bonds is 7. The Hall–Kier alpha value is -2.02. The van der Waals surface area contributed by atoms with Crippen LogP contribution in [0.5, 0.6) is 11.5 Å². The highest BCUT2D eigenvalue weighted by Crippen LogP contribution is 2.31. The molecule has 1 fully saturated rings. The molecule has 0 atom stereocenters. The third-order valence-electron chi connectivity index (χ3n) is 4.19. The molecule has 1 N–H and O–H groups in total. The molecule has 2 aromatic carbocycles. The van der Waals surface area contributed by atoms with Crippen molar-refractivity contribution < 1.29 is 14.3 Å². The molecule has 0 spiro atoms. The Bertz CT molecular complexity index is 943. The summed E-state index contributed by atoms with van der Waals surface area (Å²) >= 11 is 12.4. The molecule has 0 aliphatic carbocycles. The molecule has 4 nitrogen and oxygen atoms in total. The van der Waals surface area contributed by atoms with Crippen LogP contribution in [0.1, 0.15) is 23.1 Å². The van der Waals surface area contributed by atoms with Crippen molar-refractivity contribution in [2.75, 3.05) is 13.2 Å². The van der Waals surface area contributed by atoms with E-state index in [0.717, 1.165) is 17.7 Å². The normalized spacial score (nSPS) is 15.0. The SMILES string of the molecule is Cc1ccc(OCCCOc2ccc(Cl)cc2/C=C2/SC(=S)NC2=O)cc1C. The van der Waals surface area contributed by atoms with Gasteiger partial charge in [0.2, 0.25) is 0 Å². The molecule has 1 amide bonds. The summed E-state index contributed by atoms with van der Waals surface area (Å²) in [7, 11) is 0. The van der Waals surface area contributed by atoms with Crippen LogP contribution in [-0.2, 0) is 4.79 Å². The van der Waals surface area contributed by atoms with Crippen LogP contribution in [0.4, 0.5) is 0 Å². The summed E-state index contributed by atoms with van der Waals surface area (Å²) in [6, 6.07) is 11.4. The predicted molar refractivity (Wildman–Crippen MR) is 119 cm³/mol. The minimum atomic E-state index is -0.206. The molecular weight excluding hydrogens is 414 g/mol. The van der Waals surface area contributed by atoms with E-state index < -0.39 is 0 Å². The third kappa shape index (κ3) is 5.50. The Morgan fingerprint density at radius 3 is 2.61 bits per heavy atom. The van der Waals surface area contributed by atoms with Gasteiger partial charge < -0.3 is 14.8 Å². The third-order valence-corrected chi connectivity index (χ3v) is 5.59. The second-order valence-electron chi connectivity index (χ2n) is 6.33. The maximum absolute atomic E-state index is 11.9. The largest absolute Gasteiger partial charge is 0.493 e. The van der Waals surface area contributed by atoms with Crippen LogP contribution in [0, 0.1) is 13.8 Å². The molecule has 1 heterocycles. The van der Waals surface area contributed by atoms with Crippen LogP contribution in [0.15, 0.2) is 41.3 Å². The van der Waals surface area contributed by atoms with E-state index in [1.165, 1.54) is 22.9 Å². The molecule has 7 heteroatoms. The average Bonchev–Trinajstić information content (AvgIpc) is 2.96. The topological polar surface area (TPSA) is 47.6 Å². The van der Waals surface area contributed by atoms with Crippen LogP contribution in [0.3, 0.4) is 0 Å². The van der Waals surface area contributed by atoms with Crippen LogP contribution in [-0.4, -0.2) is 23.4 Å². The molecule has 28 heavy (non-hydrogen) atoms. The molecule has 0 aromatic heterocycles. The summed E-state index contributed by atoms with van der Waals surface area (Å²) in [5, 5.41) is 3.17. The Kier molecular flexibility index (Phi) is 6.99. The van der Waals surface area contributed by atoms with Gasteiger partial charge in [-0.1, -0.05) is 41.6 Å². The molecule has 0 bridgehead atoms. The van der Waals surface area contributed by atoms with Crippen molar-refractivity contribution in [3.63, 3.8) is 0 Å². The molecule has 3 rings (SSSR count). The van der Waals surface area contributed by atoms with Crippen LogP contribution < -0.4 is 14.8 Å². The van der Waals surface area contributed by atoms with Crippen molar-refractivity contribution in [1.29, 1.82) is 0 Å². The number of carbonyl (C=O) groups is 1. The van der Waals surface area contributed by atoms with E-state index in [4.69, 9.17) is 33.3 Å². The highest BCUT2D eigenvalue weighted by molar-refractivity contribution is 8.26. The lowest BCUT2D eigenvalue weighted by molar-refractivity contribution is -0.115. The number of hydrogen-bond acceptors (Lipinski definition) is 5. The molecular formula is C21H20ClNO3S2. The molecule has 0 radical (unpaired) electrons. The van der Waals surface area contributed by atoms with E-state index in [1.807, 2.05) is 12.1 Å². The fraction of sp³-hybridized carbons (Fsp3) is 0.238. The number of amides is 1. The highest BCUT2D eigenvalue weighted by atomic mass is 35.5. The molecule has 0 unspecified atom stereocenters. The first-order valence-corrected chi connectivity index (χ1v) is 10.4. The van der Waals surface area contributed by atoms with Crippen molar-refractivity contribution in [3.05, 3.63) is 63.0 Å². The van der Waals surface area contributed by atoms with Crippen molar-refractivity contribution in [1.82, 2.24) is 5.32 Å². The first-order valence-electron chi connectivity index (χ1n) is 8.79. The highest BCUT2D eigenvalue weighted by Gasteiger charge is 2.22. The standard InChI is InChI=1S/C21H20ClNO3S2/c1-13-4-6-17(10-14(13)2)25-8-3-9-26-18-7-5-16(22)11-15(18)12-19-20(24)23-21(27)28-19/h4-7,10-12H,3,8-9H2,1-2H3,(H,23,24,27)/b19-12+. The van der Waals surface area contributed by atoms with Gasteiger partial charge in [0.25, 0.3) is 5.91 Å². The zero-order chi connectivity index (χ0) is 20.1. The zero-order valence-corrected chi connectivity index (χ0v) is 18.0. The van der Waals surface area contributed by atoms with E-state index >= 15 is 0 Å². The fourth-order valence-electron chi connectivity index (χ4n) is 2.56. The first kappa shape index (κ1) is 20.7.